The second-order valence-corrected chi connectivity index (χ2v) is 12.0. The number of hydrogen-bond donors (Lipinski definition) is 0. The van der Waals surface area contributed by atoms with Gasteiger partial charge < -0.3 is 14.2 Å². The minimum absolute atomic E-state index is 0.0318. The third-order valence-corrected chi connectivity index (χ3v) is 4.39. The largest absolute Gasteiger partial charge is 0.465 e. The molecule has 0 aliphatic carbocycles. The Morgan fingerprint density at radius 1 is 0.533 bits per heavy atom. The first-order valence-corrected chi connectivity index (χ1v) is 10.8. The number of ether oxygens (including phenoxy) is 3. The molecule has 0 unspecified atom stereocenters. The maximum absolute atomic E-state index is 12.2. The van der Waals surface area contributed by atoms with Gasteiger partial charge in [0.25, 0.3) is 0 Å². The number of rotatable bonds is 10. The van der Waals surface area contributed by atoms with Crippen LogP contribution in [0.3, 0.4) is 0 Å². The Kier molecular flexibility index (Phi) is 10.6. The van der Waals surface area contributed by atoms with E-state index in [-0.39, 0.29) is 73.2 Å². The summed E-state index contributed by atoms with van der Waals surface area (Å²) in [4.78, 5) is 36.7. The van der Waals surface area contributed by atoms with Gasteiger partial charge >= 0.3 is 17.9 Å². The summed E-state index contributed by atoms with van der Waals surface area (Å²) in [6.07, 6.45) is 1.36. The van der Waals surface area contributed by atoms with Crippen LogP contribution >= 0.6 is 0 Å². The first-order chi connectivity index (χ1) is 13.4. The van der Waals surface area contributed by atoms with Crippen molar-refractivity contribution in [2.45, 2.75) is 94.9 Å². The third-order valence-electron chi connectivity index (χ3n) is 4.39. The van der Waals surface area contributed by atoms with E-state index < -0.39 is 5.41 Å². The smallest absolute Gasteiger partial charge is 0.306 e. The van der Waals surface area contributed by atoms with E-state index in [9.17, 15) is 14.4 Å². The monoisotopic (exact) mass is 428 g/mol. The lowest BCUT2D eigenvalue weighted by Crippen LogP contribution is -2.39. The first-order valence-electron chi connectivity index (χ1n) is 10.8. The van der Waals surface area contributed by atoms with E-state index in [1.54, 1.807) is 0 Å². The summed E-state index contributed by atoms with van der Waals surface area (Å²) in [5.74, 6) is -0.952. The van der Waals surface area contributed by atoms with Gasteiger partial charge in [-0.2, -0.15) is 0 Å². The fourth-order valence-corrected chi connectivity index (χ4v) is 2.58. The molecule has 0 atom stereocenters. The van der Waals surface area contributed by atoms with Crippen molar-refractivity contribution >= 4 is 17.9 Å². The van der Waals surface area contributed by atoms with Crippen LogP contribution < -0.4 is 0 Å². The van der Waals surface area contributed by atoms with Crippen LogP contribution in [-0.2, 0) is 28.6 Å². The van der Waals surface area contributed by atoms with E-state index in [1.807, 2.05) is 69.2 Å². The average molecular weight is 429 g/mol. The molecule has 6 nitrogen and oxygen atoms in total. The van der Waals surface area contributed by atoms with Crippen LogP contribution in [0, 0.1) is 21.7 Å². The Balaban J connectivity index is 5.20. The van der Waals surface area contributed by atoms with Gasteiger partial charge in [0.05, 0.1) is 24.7 Å². The average Bonchev–Trinajstić information content (AvgIpc) is 2.49. The molecule has 0 spiro atoms. The molecule has 0 N–H and O–H groups in total. The molecule has 6 heteroatoms. The Morgan fingerprint density at radius 2 is 0.767 bits per heavy atom. The van der Waals surface area contributed by atoms with Crippen molar-refractivity contribution in [3.8, 4) is 0 Å². The lowest BCUT2D eigenvalue weighted by Gasteiger charge is -2.32. The van der Waals surface area contributed by atoms with Gasteiger partial charge in [-0.05, 0) is 22.7 Å². The molecule has 0 bridgehead atoms. The zero-order valence-corrected chi connectivity index (χ0v) is 20.9. The van der Waals surface area contributed by atoms with Gasteiger partial charge in [-0.15, -0.1) is 0 Å². The van der Waals surface area contributed by atoms with E-state index in [2.05, 4.69) is 0 Å². The second kappa shape index (κ2) is 11.1. The molecule has 0 saturated heterocycles. The summed E-state index contributed by atoms with van der Waals surface area (Å²) in [6, 6.07) is 0. The lowest BCUT2D eigenvalue weighted by molar-refractivity contribution is -0.164. The standard InChI is InChI=1S/C24H44O6/c1-11-24(15-28-18(25)12-21(2,3)4,16-29-19(26)13-22(5,6)7)17-30-20(27)14-23(8,9)10/h11-17H2,1-10H3. The topological polar surface area (TPSA) is 78.9 Å². The van der Waals surface area contributed by atoms with E-state index in [1.165, 1.54) is 0 Å². The van der Waals surface area contributed by atoms with Crippen molar-refractivity contribution in [1.82, 2.24) is 0 Å². The highest BCUT2D eigenvalue weighted by Gasteiger charge is 2.35. The minimum atomic E-state index is -0.769. The molecule has 0 heterocycles. The number of carbonyl (C=O) groups is 3. The van der Waals surface area contributed by atoms with Gasteiger partial charge in [-0.3, -0.25) is 14.4 Å². The van der Waals surface area contributed by atoms with Crippen LogP contribution in [0.25, 0.3) is 0 Å². The van der Waals surface area contributed by atoms with E-state index in [0.717, 1.165) is 0 Å². The molecule has 0 rings (SSSR count). The Hall–Kier alpha value is -1.59. The van der Waals surface area contributed by atoms with Crippen LogP contribution in [0.4, 0.5) is 0 Å². The van der Waals surface area contributed by atoms with Crippen molar-refractivity contribution in [3.63, 3.8) is 0 Å². The number of hydrogen-bond acceptors (Lipinski definition) is 6. The van der Waals surface area contributed by atoms with Crippen LogP contribution in [0.15, 0.2) is 0 Å². The Morgan fingerprint density at radius 3 is 0.933 bits per heavy atom. The van der Waals surface area contributed by atoms with Gasteiger partial charge in [0.15, 0.2) is 0 Å². The van der Waals surface area contributed by atoms with Gasteiger partial charge in [-0.1, -0.05) is 69.2 Å². The molecule has 0 aliphatic heterocycles. The van der Waals surface area contributed by atoms with Gasteiger partial charge in [0.1, 0.15) is 19.8 Å². The quantitative estimate of drug-likeness (QED) is 0.346. The summed E-state index contributed by atoms with van der Waals surface area (Å²) in [7, 11) is 0. The zero-order valence-electron chi connectivity index (χ0n) is 20.9. The Labute approximate surface area is 183 Å². The molecule has 0 fully saturated rings. The van der Waals surface area contributed by atoms with Crippen molar-refractivity contribution in [1.29, 1.82) is 0 Å². The lowest BCUT2D eigenvalue weighted by atomic mass is 9.87. The SMILES string of the molecule is CCC(COC(=O)CC(C)(C)C)(COC(=O)CC(C)(C)C)COC(=O)CC(C)(C)C. The summed E-state index contributed by atoms with van der Waals surface area (Å²) in [5.41, 5.74) is -1.34. The predicted molar refractivity (Wildman–Crippen MR) is 118 cm³/mol. The predicted octanol–water partition coefficient (Wildman–Crippen LogP) is 5.32. The highest BCUT2D eigenvalue weighted by atomic mass is 16.6. The molecule has 0 radical (unpaired) electrons. The van der Waals surface area contributed by atoms with Crippen LogP contribution in [0.2, 0.25) is 0 Å². The summed E-state index contributed by atoms with van der Waals surface area (Å²) >= 11 is 0. The number of esters is 3. The highest BCUT2D eigenvalue weighted by Crippen LogP contribution is 2.28. The van der Waals surface area contributed by atoms with Crippen LogP contribution in [-0.4, -0.2) is 37.7 Å². The van der Waals surface area contributed by atoms with Gasteiger partial charge in [-0.25, -0.2) is 0 Å². The molecule has 0 aromatic heterocycles. The first kappa shape index (κ1) is 28.4. The van der Waals surface area contributed by atoms with Gasteiger partial charge in [0.2, 0.25) is 0 Å². The summed E-state index contributed by atoms with van der Waals surface area (Å²) in [5, 5.41) is 0. The van der Waals surface area contributed by atoms with Crippen LogP contribution in [0.5, 0.6) is 0 Å². The maximum atomic E-state index is 12.2. The molecule has 0 saturated carbocycles. The van der Waals surface area contributed by atoms with Crippen molar-refractivity contribution < 1.29 is 28.6 Å². The molecular formula is C24H44O6. The normalized spacial score (nSPS) is 13.0. The second-order valence-electron chi connectivity index (χ2n) is 12.0. The third kappa shape index (κ3) is 14.4. The van der Waals surface area contributed by atoms with Gasteiger partial charge in [0, 0.05) is 0 Å². The summed E-state index contributed by atoms with van der Waals surface area (Å²) < 4.78 is 16.6. The molecule has 0 aromatic carbocycles. The molecule has 0 aromatic rings. The minimum Gasteiger partial charge on any atom is -0.465 e. The Bertz CT molecular complexity index is 493. The molecule has 0 aliphatic rings. The molecular weight excluding hydrogens is 384 g/mol. The zero-order chi connectivity index (χ0) is 23.8. The van der Waals surface area contributed by atoms with Crippen molar-refractivity contribution in [2.75, 3.05) is 19.8 Å². The van der Waals surface area contributed by atoms with E-state index in [4.69, 9.17) is 14.2 Å². The van der Waals surface area contributed by atoms with E-state index >= 15 is 0 Å². The number of carbonyl (C=O) groups excluding carboxylic acids is 3. The fraction of sp³-hybridized carbons (Fsp3) is 0.875. The van der Waals surface area contributed by atoms with Crippen molar-refractivity contribution in [3.05, 3.63) is 0 Å². The molecule has 176 valence electrons. The highest BCUT2D eigenvalue weighted by molar-refractivity contribution is 5.71. The molecule has 30 heavy (non-hydrogen) atoms. The van der Waals surface area contributed by atoms with Crippen molar-refractivity contribution in [2.24, 2.45) is 21.7 Å². The molecule has 0 amide bonds. The van der Waals surface area contributed by atoms with E-state index in [0.29, 0.717) is 6.42 Å². The van der Waals surface area contributed by atoms with Crippen LogP contribution in [0.1, 0.15) is 94.9 Å². The maximum Gasteiger partial charge on any atom is 0.306 e. The summed E-state index contributed by atoms with van der Waals surface area (Å²) in [6.45, 7) is 19.7. The fourth-order valence-electron chi connectivity index (χ4n) is 2.58.